The molecular formula is C14H17N3O2. The first kappa shape index (κ1) is 12.2. The maximum absolute atomic E-state index is 12.5. The van der Waals surface area contributed by atoms with Gasteiger partial charge in [-0.15, -0.1) is 0 Å². The van der Waals surface area contributed by atoms with Crippen LogP contribution in [0.5, 0.6) is 0 Å². The van der Waals surface area contributed by atoms with E-state index in [-0.39, 0.29) is 5.91 Å². The zero-order valence-corrected chi connectivity index (χ0v) is 10.9. The zero-order chi connectivity index (χ0) is 13.5. The van der Waals surface area contributed by atoms with Gasteiger partial charge in [0.05, 0.1) is 11.1 Å². The molecule has 2 N–H and O–H groups in total. The van der Waals surface area contributed by atoms with Crippen LogP contribution in [0, 0.1) is 0 Å². The minimum absolute atomic E-state index is 0.113. The van der Waals surface area contributed by atoms with Crippen molar-refractivity contribution in [3.63, 3.8) is 0 Å². The molecule has 1 unspecified atom stereocenters. The van der Waals surface area contributed by atoms with Crippen molar-refractivity contribution in [2.45, 2.75) is 25.4 Å². The number of para-hydroxylation sites is 1. The van der Waals surface area contributed by atoms with Crippen LogP contribution in [0.25, 0.3) is 10.9 Å². The predicted octanol–water partition coefficient (Wildman–Crippen LogP) is 1.55. The lowest BCUT2D eigenvalue weighted by molar-refractivity contribution is -0.0108. The molecule has 1 fully saturated rings. The fraction of sp³-hybridized carbons (Fsp3) is 0.429. The lowest BCUT2D eigenvalue weighted by Crippen LogP contribution is -2.48. The summed E-state index contributed by atoms with van der Waals surface area (Å²) in [7, 11) is 0. The molecule has 0 saturated carbocycles. The summed E-state index contributed by atoms with van der Waals surface area (Å²) < 4.78 is 0. The Morgan fingerprint density at radius 2 is 2.26 bits per heavy atom. The van der Waals surface area contributed by atoms with Gasteiger partial charge in [0.1, 0.15) is 0 Å². The third-order valence-corrected chi connectivity index (χ3v) is 3.64. The summed E-state index contributed by atoms with van der Waals surface area (Å²) in [5.41, 5.74) is 0.503. The maximum Gasteiger partial charge on any atom is 0.275 e. The largest absolute Gasteiger partial charge is 0.388 e. The third kappa shape index (κ3) is 2.21. The van der Waals surface area contributed by atoms with Crippen LogP contribution in [0.1, 0.15) is 30.3 Å². The molecule has 19 heavy (non-hydrogen) atoms. The Morgan fingerprint density at radius 3 is 3.05 bits per heavy atom. The highest BCUT2D eigenvalue weighted by atomic mass is 16.3. The Bertz CT molecular complexity index is 618. The van der Waals surface area contributed by atoms with Crippen LogP contribution in [0.2, 0.25) is 0 Å². The highest BCUT2D eigenvalue weighted by Crippen LogP contribution is 2.23. The van der Waals surface area contributed by atoms with E-state index in [1.54, 1.807) is 11.8 Å². The molecule has 5 heteroatoms. The molecule has 0 bridgehead atoms. The van der Waals surface area contributed by atoms with E-state index in [4.69, 9.17) is 0 Å². The number of aromatic nitrogens is 2. The fourth-order valence-corrected chi connectivity index (χ4v) is 2.67. The molecule has 2 aromatic rings. The fourth-order valence-electron chi connectivity index (χ4n) is 2.67. The smallest absolute Gasteiger partial charge is 0.275 e. The molecule has 3 rings (SSSR count). The molecule has 100 valence electrons. The quantitative estimate of drug-likeness (QED) is 0.816. The van der Waals surface area contributed by atoms with Crippen molar-refractivity contribution in [3.05, 3.63) is 30.0 Å². The van der Waals surface area contributed by atoms with Gasteiger partial charge in [-0.3, -0.25) is 9.89 Å². The second kappa shape index (κ2) is 4.35. The molecule has 1 aliphatic rings. The van der Waals surface area contributed by atoms with E-state index in [1.165, 1.54) is 0 Å². The second-order valence-electron chi connectivity index (χ2n) is 5.44. The van der Waals surface area contributed by atoms with Gasteiger partial charge >= 0.3 is 0 Å². The Hall–Kier alpha value is -1.88. The predicted molar refractivity (Wildman–Crippen MR) is 71.9 cm³/mol. The Morgan fingerprint density at radius 1 is 1.47 bits per heavy atom. The van der Waals surface area contributed by atoms with Gasteiger partial charge in [0.25, 0.3) is 5.91 Å². The van der Waals surface area contributed by atoms with Crippen LogP contribution in [-0.2, 0) is 0 Å². The normalized spacial score (nSPS) is 23.8. The van der Waals surface area contributed by atoms with E-state index in [1.807, 2.05) is 24.3 Å². The second-order valence-corrected chi connectivity index (χ2v) is 5.44. The number of hydrogen-bond acceptors (Lipinski definition) is 3. The number of H-pyrrole nitrogens is 1. The van der Waals surface area contributed by atoms with Gasteiger partial charge in [-0.25, -0.2) is 0 Å². The molecule has 5 nitrogen and oxygen atoms in total. The summed E-state index contributed by atoms with van der Waals surface area (Å²) in [6, 6.07) is 7.57. The number of rotatable bonds is 1. The summed E-state index contributed by atoms with van der Waals surface area (Å²) in [6.07, 6.45) is 1.55. The molecule has 1 aromatic carbocycles. The molecule has 1 aromatic heterocycles. The number of β-amino-alcohol motifs (C(OH)–C–C–N with tert-alkyl or cyclic N) is 1. The van der Waals surface area contributed by atoms with E-state index >= 15 is 0 Å². The summed E-state index contributed by atoms with van der Waals surface area (Å²) in [5.74, 6) is -0.113. The minimum atomic E-state index is -0.792. The molecule has 0 radical (unpaired) electrons. The highest BCUT2D eigenvalue weighted by Gasteiger charge is 2.32. The van der Waals surface area contributed by atoms with Crippen molar-refractivity contribution >= 4 is 16.8 Å². The molecule has 0 spiro atoms. The van der Waals surface area contributed by atoms with E-state index in [0.29, 0.717) is 18.8 Å². The SMILES string of the molecule is CC1(O)CCCN(C(=O)c2n[nH]c3ccccc23)C1. The van der Waals surface area contributed by atoms with Gasteiger partial charge < -0.3 is 10.0 Å². The standard InChI is InChI=1S/C14H17N3O2/c1-14(19)7-4-8-17(9-14)13(18)12-10-5-2-3-6-11(10)15-16-12/h2-3,5-6,19H,4,7-9H2,1H3,(H,15,16). The first-order valence-electron chi connectivity index (χ1n) is 6.52. The first-order valence-corrected chi connectivity index (χ1v) is 6.52. The summed E-state index contributed by atoms with van der Waals surface area (Å²) >= 11 is 0. The van der Waals surface area contributed by atoms with Gasteiger partial charge in [-0.1, -0.05) is 18.2 Å². The van der Waals surface area contributed by atoms with Crippen LogP contribution >= 0.6 is 0 Å². The average molecular weight is 259 g/mol. The number of piperidine rings is 1. The monoisotopic (exact) mass is 259 g/mol. The maximum atomic E-state index is 12.5. The highest BCUT2D eigenvalue weighted by molar-refractivity contribution is 6.04. The molecule has 2 heterocycles. The first-order chi connectivity index (χ1) is 9.07. The third-order valence-electron chi connectivity index (χ3n) is 3.64. The molecule has 1 amide bonds. The van der Waals surface area contributed by atoms with Crippen molar-refractivity contribution < 1.29 is 9.90 Å². The van der Waals surface area contributed by atoms with Crippen molar-refractivity contribution in [1.82, 2.24) is 15.1 Å². The van der Waals surface area contributed by atoms with E-state index < -0.39 is 5.60 Å². The number of aliphatic hydroxyl groups is 1. The average Bonchev–Trinajstić information content (AvgIpc) is 2.80. The van der Waals surface area contributed by atoms with E-state index in [9.17, 15) is 9.90 Å². The Balaban J connectivity index is 1.91. The van der Waals surface area contributed by atoms with Crippen LogP contribution in [-0.4, -0.2) is 44.8 Å². The van der Waals surface area contributed by atoms with Crippen LogP contribution in [0.3, 0.4) is 0 Å². The van der Waals surface area contributed by atoms with Gasteiger partial charge in [-0.2, -0.15) is 5.10 Å². The number of amides is 1. The van der Waals surface area contributed by atoms with E-state index in [2.05, 4.69) is 10.2 Å². The molecule has 1 atom stereocenters. The summed E-state index contributed by atoms with van der Waals surface area (Å²) in [6.45, 7) is 2.82. The topological polar surface area (TPSA) is 69.2 Å². The van der Waals surface area contributed by atoms with Gasteiger partial charge in [0.15, 0.2) is 5.69 Å². The molecule has 1 saturated heterocycles. The molecule has 0 aliphatic carbocycles. The summed E-state index contributed by atoms with van der Waals surface area (Å²) in [5, 5.41) is 17.9. The van der Waals surface area contributed by atoms with Crippen molar-refractivity contribution in [2.24, 2.45) is 0 Å². The Labute approximate surface area is 111 Å². The minimum Gasteiger partial charge on any atom is -0.388 e. The zero-order valence-electron chi connectivity index (χ0n) is 10.9. The lowest BCUT2D eigenvalue weighted by atomic mass is 9.95. The number of nitrogens with one attached hydrogen (secondary N) is 1. The van der Waals surface area contributed by atoms with Crippen molar-refractivity contribution in [2.75, 3.05) is 13.1 Å². The lowest BCUT2D eigenvalue weighted by Gasteiger charge is -2.36. The summed E-state index contributed by atoms with van der Waals surface area (Å²) in [4.78, 5) is 14.2. The van der Waals surface area contributed by atoms with Gasteiger partial charge in [0.2, 0.25) is 0 Å². The molecular weight excluding hydrogens is 242 g/mol. The number of likely N-dealkylation sites (tertiary alicyclic amines) is 1. The van der Waals surface area contributed by atoms with Gasteiger partial charge in [0, 0.05) is 18.5 Å². The number of hydrogen-bond donors (Lipinski definition) is 2. The van der Waals surface area contributed by atoms with Crippen LogP contribution in [0.15, 0.2) is 24.3 Å². The molecule has 1 aliphatic heterocycles. The number of nitrogens with zero attached hydrogens (tertiary/aromatic N) is 2. The number of aromatic amines is 1. The Kier molecular flexibility index (Phi) is 2.78. The van der Waals surface area contributed by atoms with E-state index in [0.717, 1.165) is 23.7 Å². The number of benzene rings is 1. The van der Waals surface area contributed by atoms with Crippen molar-refractivity contribution in [1.29, 1.82) is 0 Å². The number of carbonyl (C=O) groups is 1. The van der Waals surface area contributed by atoms with Crippen LogP contribution < -0.4 is 0 Å². The number of fused-ring (bicyclic) bond motifs is 1. The number of carbonyl (C=O) groups excluding carboxylic acids is 1. The van der Waals surface area contributed by atoms with Crippen molar-refractivity contribution in [3.8, 4) is 0 Å². The van der Waals surface area contributed by atoms with Crippen LogP contribution in [0.4, 0.5) is 0 Å². The van der Waals surface area contributed by atoms with Gasteiger partial charge in [-0.05, 0) is 25.8 Å².